The minimum Gasteiger partial charge on any atom is -0.464 e. The zero-order chi connectivity index (χ0) is 28.3. The lowest BCUT2D eigenvalue weighted by molar-refractivity contribution is -0.202. The quantitative estimate of drug-likeness (QED) is 0.236. The Kier molecular flexibility index (Phi) is 9.90. The molecule has 1 aromatic heterocycles. The largest absolute Gasteiger partial charge is 0.491 e. The number of hydrogen-bond donors (Lipinski definition) is 2. The normalized spacial score (nSPS) is 16.8. The standard InChI is InChI=1S/C26H25F3N4O6/c27-26(28,29)24(37)39-22(35)16-19(18-8-2-1-3-9-18)33-21(34)17-25(11-6-14-32-25)23(36)38-15-7-13-31-20-10-4-5-12-30-20/h1-6,8-12,14,19H,7,13,15-17H2,(H,30,31)(H,33,34). The highest BCUT2D eigenvalue weighted by molar-refractivity contribution is 5.96. The number of esters is 3. The van der Waals surface area contributed by atoms with E-state index in [9.17, 15) is 32.3 Å². The van der Waals surface area contributed by atoms with Gasteiger partial charge in [-0.3, -0.25) is 14.6 Å². The van der Waals surface area contributed by atoms with E-state index in [2.05, 4.69) is 25.3 Å². The van der Waals surface area contributed by atoms with Crippen molar-refractivity contribution < 1.29 is 41.8 Å². The summed E-state index contributed by atoms with van der Waals surface area (Å²) in [4.78, 5) is 57.1. The maximum atomic E-state index is 12.9. The van der Waals surface area contributed by atoms with Crippen LogP contribution in [0.4, 0.5) is 19.0 Å². The summed E-state index contributed by atoms with van der Waals surface area (Å²) in [6.07, 6.45) is -0.313. The molecule has 0 bridgehead atoms. The summed E-state index contributed by atoms with van der Waals surface area (Å²) in [5.74, 6) is -4.99. The number of anilines is 1. The van der Waals surface area contributed by atoms with Crippen molar-refractivity contribution in [3.63, 3.8) is 0 Å². The van der Waals surface area contributed by atoms with Crippen LogP contribution in [0.5, 0.6) is 0 Å². The van der Waals surface area contributed by atoms with Gasteiger partial charge in [0.15, 0.2) is 5.54 Å². The molecule has 0 saturated heterocycles. The molecular formula is C26H25F3N4O6. The molecule has 2 unspecified atom stereocenters. The van der Waals surface area contributed by atoms with Crippen molar-refractivity contribution in [1.82, 2.24) is 10.3 Å². The van der Waals surface area contributed by atoms with Crippen molar-refractivity contribution in [3.05, 3.63) is 72.4 Å². The monoisotopic (exact) mass is 546 g/mol. The Morgan fingerprint density at radius 3 is 2.41 bits per heavy atom. The first-order valence-electron chi connectivity index (χ1n) is 11.8. The Labute approximate surface area is 221 Å². The van der Waals surface area contributed by atoms with Crippen LogP contribution in [0, 0.1) is 0 Å². The van der Waals surface area contributed by atoms with Gasteiger partial charge in [0, 0.05) is 19.0 Å². The van der Waals surface area contributed by atoms with Crippen LogP contribution in [0.1, 0.15) is 30.9 Å². The number of hydrogen-bond acceptors (Lipinski definition) is 9. The second-order valence-electron chi connectivity index (χ2n) is 8.36. The number of aliphatic imine (C=N–C) groups is 1. The molecule has 0 radical (unpaired) electrons. The van der Waals surface area contributed by atoms with Crippen molar-refractivity contribution in [2.24, 2.45) is 4.99 Å². The summed E-state index contributed by atoms with van der Waals surface area (Å²) in [6.45, 7) is 0.514. The predicted octanol–water partition coefficient (Wildman–Crippen LogP) is 3.08. The Hall–Kier alpha value is -4.55. The Morgan fingerprint density at radius 2 is 1.77 bits per heavy atom. The Bertz CT molecular complexity index is 1210. The van der Waals surface area contributed by atoms with E-state index in [1.54, 1.807) is 36.5 Å². The molecule has 1 aromatic carbocycles. The average molecular weight is 547 g/mol. The molecule has 13 heteroatoms. The first-order chi connectivity index (χ1) is 18.6. The molecule has 2 heterocycles. The second kappa shape index (κ2) is 13.3. The predicted molar refractivity (Wildman–Crippen MR) is 132 cm³/mol. The molecule has 2 atom stereocenters. The maximum Gasteiger partial charge on any atom is 0.491 e. The zero-order valence-corrected chi connectivity index (χ0v) is 20.5. The number of benzene rings is 1. The molecule has 0 aliphatic carbocycles. The lowest BCUT2D eigenvalue weighted by Crippen LogP contribution is -2.42. The number of carbonyl (C=O) groups is 4. The summed E-state index contributed by atoms with van der Waals surface area (Å²) in [5.41, 5.74) is -1.28. The number of carbonyl (C=O) groups excluding carboxylic acids is 4. The molecule has 1 aliphatic heterocycles. The Morgan fingerprint density at radius 1 is 1.03 bits per heavy atom. The fourth-order valence-corrected chi connectivity index (χ4v) is 3.56. The summed E-state index contributed by atoms with van der Waals surface area (Å²) in [5, 5.41) is 5.58. The number of amides is 1. The number of alkyl halides is 3. The maximum absolute atomic E-state index is 12.9. The highest BCUT2D eigenvalue weighted by Gasteiger charge is 2.43. The second-order valence-corrected chi connectivity index (χ2v) is 8.36. The minimum absolute atomic E-state index is 0.0388. The highest BCUT2D eigenvalue weighted by Crippen LogP contribution is 2.26. The number of nitrogens with one attached hydrogen (secondary N) is 2. The van der Waals surface area contributed by atoms with Crippen molar-refractivity contribution in [2.75, 3.05) is 18.5 Å². The van der Waals surface area contributed by atoms with Crippen molar-refractivity contribution in [2.45, 2.75) is 37.0 Å². The van der Waals surface area contributed by atoms with Gasteiger partial charge in [-0.05, 0) is 36.3 Å². The van der Waals surface area contributed by atoms with Crippen molar-refractivity contribution in [1.29, 1.82) is 0 Å². The number of allylic oxidation sites excluding steroid dienone is 1. The molecule has 1 amide bonds. The van der Waals surface area contributed by atoms with Crippen LogP contribution in [0.15, 0.2) is 71.9 Å². The SMILES string of the molecule is O=C(CC1(C(=O)OCCCNc2ccccn2)C=CC=N1)NC(CC(=O)OC(=O)C(F)(F)F)c1ccccc1. The average Bonchev–Trinajstić information content (AvgIpc) is 3.38. The fourth-order valence-electron chi connectivity index (χ4n) is 3.56. The van der Waals surface area contributed by atoms with Gasteiger partial charge in [-0.15, -0.1) is 0 Å². The molecule has 0 spiro atoms. The number of pyridine rings is 1. The van der Waals surface area contributed by atoms with Crippen molar-refractivity contribution in [3.8, 4) is 0 Å². The van der Waals surface area contributed by atoms with E-state index in [0.717, 1.165) is 0 Å². The lowest BCUT2D eigenvalue weighted by Gasteiger charge is -2.24. The smallest absolute Gasteiger partial charge is 0.464 e. The molecule has 3 rings (SSSR count). The summed E-state index contributed by atoms with van der Waals surface area (Å²) in [7, 11) is 0. The van der Waals surface area contributed by atoms with Gasteiger partial charge in [-0.1, -0.05) is 36.4 Å². The highest BCUT2D eigenvalue weighted by atomic mass is 19.4. The number of nitrogens with zero attached hydrogens (tertiary/aromatic N) is 2. The molecule has 0 fully saturated rings. The zero-order valence-electron chi connectivity index (χ0n) is 20.5. The third-order valence-corrected chi connectivity index (χ3v) is 5.42. The fraction of sp³-hybridized carbons (Fsp3) is 0.308. The van der Waals surface area contributed by atoms with E-state index >= 15 is 0 Å². The van der Waals surface area contributed by atoms with E-state index in [0.29, 0.717) is 24.3 Å². The van der Waals surface area contributed by atoms with Crippen LogP contribution in [0.2, 0.25) is 0 Å². The third kappa shape index (κ3) is 8.76. The summed E-state index contributed by atoms with van der Waals surface area (Å²) in [6, 6.07) is 12.1. The van der Waals surface area contributed by atoms with Crippen LogP contribution >= 0.6 is 0 Å². The van der Waals surface area contributed by atoms with E-state index < -0.39 is 54.4 Å². The van der Waals surface area contributed by atoms with E-state index in [1.165, 1.54) is 30.5 Å². The molecule has 2 N–H and O–H groups in total. The van der Waals surface area contributed by atoms with Gasteiger partial charge in [0.1, 0.15) is 5.82 Å². The van der Waals surface area contributed by atoms with Gasteiger partial charge in [-0.25, -0.2) is 14.6 Å². The van der Waals surface area contributed by atoms with Crippen LogP contribution in [0.3, 0.4) is 0 Å². The van der Waals surface area contributed by atoms with Crippen LogP contribution in [-0.4, -0.2) is 59.9 Å². The number of halogens is 3. The number of ether oxygens (including phenoxy) is 2. The van der Waals surface area contributed by atoms with Crippen LogP contribution < -0.4 is 10.6 Å². The third-order valence-electron chi connectivity index (χ3n) is 5.42. The molecule has 0 saturated carbocycles. The van der Waals surface area contributed by atoms with E-state index in [-0.39, 0.29) is 6.61 Å². The van der Waals surface area contributed by atoms with Gasteiger partial charge in [-0.2, -0.15) is 13.2 Å². The molecule has 10 nitrogen and oxygen atoms in total. The molecular weight excluding hydrogens is 521 g/mol. The minimum atomic E-state index is -5.35. The van der Waals surface area contributed by atoms with Crippen molar-refractivity contribution >= 4 is 35.8 Å². The van der Waals surface area contributed by atoms with Gasteiger partial charge < -0.3 is 20.1 Å². The molecule has 2 aromatic rings. The Balaban J connectivity index is 1.59. The molecule has 206 valence electrons. The van der Waals surface area contributed by atoms with Gasteiger partial charge in [0.05, 0.1) is 25.5 Å². The lowest BCUT2D eigenvalue weighted by atomic mass is 9.95. The van der Waals surface area contributed by atoms with E-state index in [1.807, 2.05) is 6.07 Å². The molecule has 1 aliphatic rings. The van der Waals surface area contributed by atoms with Gasteiger partial charge in [0.2, 0.25) is 5.91 Å². The van der Waals surface area contributed by atoms with Gasteiger partial charge >= 0.3 is 24.1 Å². The first-order valence-corrected chi connectivity index (χ1v) is 11.8. The van der Waals surface area contributed by atoms with Crippen LogP contribution in [-0.2, 0) is 28.7 Å². The summed E-state index contributed by atoms with van der Waals surface area (Å²) < 4.78 is 46.6. The first kappa shape index (κ1) is 29.0. The topological polar surface area (TPSA) is 136 Å². The van der Waals surface area contributed by atoms with E-state index in [4.69, 9.17) is 4.74 Å². The summed E-state index contributed by atoms with van der Waals surface area (Å²) >= 11 is 0. The number of rotatable bonds is 12. The van der Waals surface area contributed by atoms with Gasteiger partial charge in [0.25, 0.3) is 0 Å². The molecule has 39 heavy (non-hydrogen) atoms. The van der Waals surface area contributed by atoms with Crippen LogP contribution in [0.25, 0.3) is 0 Å². The number of aromatic nitrogens is 1.